The zero-order valence-electron chi connectivity index (χ0n) is 7.06. The average molecular weight is 176 g/mol. The third-order valence-corrected chi connectivity index (χ3v) is 1.98. The predicted molar refractivity (Wildman–Crippen MR) is 46.9 cm³/mol. The molecule has 0 aliphatic carbocycles. The van der Waals surface area contributed by atoms with Crippen molar-refractivity contribution in [2.75, 3.05) is 0 Å². The standard InChI is InChI=1S/C9H8N2O2/c1-6-2-4-10-8-7(9(12)13)3-5-11(6)8/h2-5H,1H3,(H,12,13). The quantitative estimate of drug-likeness (QED) is 0.713. The number of carbonyl (C=O) groups is 1. The molecule has 0 spiro atoms. The summed E-state index contributed by atoms with van der Waals surface area (Å²) < 4.78 is 1.75. The van der Waals surface area contributed by atoms with Crippen molar-refractivity contribution in [2.45, 2.75) is 6.92 Å². The van der Waals surface area contributed by atoms with Gasteiger partial charge in [0.05, 0.1) is 0 Å². The highest BCUT2D eigenvalue weighted by Gasteiger charge is 2.10. The first-order valence-corrected chi connectivity index (χ1v) is 3.86. The number of fused-ring (bicyclic) bond motifs is 1. The van der Waals surface area contributed by atoms with Crippen LogP contribution in [0.3, 0.4) is 0 Å². The zero-order valence-corrected chi connectivity index (χ0v) is 7.06. The zero-order chi connectivity index (χ0) is 9.42. The first-order chi connectivity index (χ1) is 6.20. The molecule has 2 aromatic rings. The van der Waals surface area contributed by atoms with Crippen molar-refractivity contribution in [3.8, 4) is 0 Å². The van der Waals surface area contributed by atoms with Crippen LogP contribution in [0.5, 0.6) is 0 Å². The maximum atomic E-state index is 10.7. The Labute approximate surface area is 74.5 Å². The highest BCUT2D eigenvalue weighted by atomic mass is 16.4. The molecule has 0 aliphatic rings. The molecule has 0 saturated carbocycles. The molecule has 13 heavy (non-hydrogen) atoms. The molecule has 0 unspecified atom stereocenters. The maximum absolute atomic E-state index is 10.7. The molecule has 0 bridgehead atoms. The van der Waals surface area contributed by atoms with Gasteiger partial charge < -0.3 is 9.51 Å². The van der Waals surface area contributed by atoms with Gasteiger partial charge in [-0.25, -0.2) is 9.78 Å². The van der Waals surface area contributed by atoms with Crippen LogP contribution in [0, 0.1) is 6.92 Å². The summed E-state index contributed by atoms with van der Waals surface area (Å²) in [6.07, 6.45) is 3.32. The third-order valence-electron chi connectivity index (χ3n) is 1.98. The lowest BCUT2D eigenvalue weighted by Gasteiger charge is -1.98. The molecule has 0 aliphatic heterocycles. The lowest BCUT2D eigenvalue weighted by atomic mass is 10.3. The van der Waals surface area contributed by atoms with Crippen LogP contribution in [0.15, 0.2) is 24.5 Å². The summed E-state index contributed by atoms with van der Waals surface area (Å²) in [5, 5.41) is 8.81. The minimum absolute atomic E-state index is 0.240. The SMILES string of the molecule is Cc1ccnc2c(C(=O)O)ccn12. The second kappa shape index (κ2) is 2.58. The largest absolute Gasteiger partial charge is 0.478 e. The van der Waals surface area contributed by atoms with Crippen LogP contribution in [-0.2, 0) is 0 Å². The van der Waals surface area contributed by atoms with Crippen molar-refractivity contribution >= 4 is 11.6 Å². The molecule has 0 radical (unpaired) electrons. The predicted octanol–water partition coefficient (Wildman–Crippen LogP) is 1.34. The third kappa shape index (κ3) is 1.07. The minimum atomic E-state index is -0.944. The maximum Gasteiger partial charge on any atom is 0.339 e. The Kier molecular flexibility index (Phi) is 1.55. The molecule has 0 aromatic carbocycles. The van der Waals surface area contributed by atoms with Crippen LogP contribution in [0.4, 0.5) is 0 Å². The van der Waals surface area contributed by atoms with E-state index in [0.717, 1.165) is 5.69 Å². The van der Waals surface area contributed by atoms with Crippen LogP contribution in [0.2, 0.25) is 0 Å². The van der Waals surface area contributed by atoms with Gasteiger partial charge in [-0.15, -0.1) is 0 Å². The van der Waals surface area contributed by atoms with Gasteiger partial charge >= 0.3 is 5.97 Å². The van der Waals surface area contributed by atoms with Crippen LogP contribution >= 0.6 is 0 Å². The molecule has 1 N–H and O–H groups in total. The summed E-state index contributed by atoms with van der Waals surface area (Å²) >= 11 is 0. The highest BCUT2D eigenvalue weighted by Crippen LogP contribution is 2.11. The van der Waals surface area contributed by atoms with E-state index in [9.17, 15) is 4.79 Å². The van der Waals surface area contributed by atoms with Crippen LogP contribution in [-0.4, -0.2) is 20.5 Å². The molecule has 2 heterocycles. The van der Waals surface area contributed by atoms with E-state index in [1.165, 1.54) is 0 Å². The van der Waals surface area contributed by atoms with Crippen LogP contribution in [0.1, 0.15) is 16.1 Å². The number of aryl methyl sites for hydroxylation is 1. The minimum Gasteiger partial charge on any atom is -0.478 e. The van der Waals surface area contributed by atoms with Crippen molar-refractivity contribution in [1.82, 2.24) is 9.38 Å². The van der Waals surface area contributed by atoms with E-state index in [1.54, 1.807) is 22.9 Å². The van der Waals surface area contributed by atoms with E-state index in [4.69, 9.17) is 5.11 Å². The normalized spacial score (nSPS) is 10.5. The summed E-state index contributed by atoms with van der Waals surface area (Å²) in [4.78, 5) is 14.7. The van der Waals surface area contributed by atoms with Crippen molar-refractivity contribution in [2.24, 2.45) is 0 Å². The van der Waals surface area contributed by atoms with Crippen LogP contribution in [0.25, 0.3) is 5.65 Å². The summed E-state index contributed by atoms with van der Waals surface area (Å²) in [5.74, 6) is -0.944. The van der Waals surface area contributed by atoms with Gasteiger partial charge in [-0.05, 0) is 19.1 Å². The second-order valence-electron chi connectivity index (χ2n) is 2.81. The summed E-state index contributed by atoms with van der Waals surface area (Å²) in [5.41, 5.74) is 1.70. The number of rotatable bonds is 1. The van der Waals surface area contributed by atoms with E-state index in [0.29, 0.717) is 5.65 Å². The van der Waals surface area contributed by atoms with Gasteiger partial charge in [0.25, 0.3) is 0 Å². The Balaban J connectivity index is 2.83. The van der Waals surface area contributed by atoms with Gasteiger partial charge in [0, 0.05) is 18.1 Å². The van der Waals surface area contributed by atoms with Crippen LogP contribution < -0.4 is 0 Å². The molecule has 0 fully saturated rings. The molecule has 2 rings (SSSR count). The smallest absolute Gasteiger partial charge is 0.339 e. The van der Waals surface area contributed by atoms with Gasteiger partial charge in [-0.1, -0.05) is 0 Å². The van der Waals surface area contributed by atoms with Crippen molar-refractivity contribution in [1.29, 1.82) is 0 Å². The lowest BCUT2D eigenvalue weighted by Crippen LogP contribution is -1.98. The van der Waals surface area contributed by atoms with Gasteiger partial charge in [-0.2, -0.15) is 0 Å². The van der Waals surface area contributed by atoms with E-state index in [-0.39, 0.29) is 5.56 Å². The molecule has 4 heteroatoms. The molecule has 0 saturated heterocycles. The van der Waals surface area contributed by atoms with Gasteiger partial charge in [0.2, 0.25) is 0 Å². The highest BCUT2D eigenvalue weighted by molar-refractivity contribution is 5.94. The number of hydrogen-bond acceptors (Lipinski definition) is 2. The number of aromatic nitrogens is 2. The molecular weight excluding hydrogens is 168 g/mol. The summed E-state index contributed by atoms with van der Waals surface area (Å²) in [7, 11) is 0. The van der Waals surface area contributed by atoms with Gasteiger partial charge in [0.1, 0.15) is 5.56 Å². The number of carboxylic acids is 1. The van der Waals surface area contributed by atoms with Gasteiger partial charge in [-0.3, -0.25) is 0 Å². The Morgan fingerprint density at radius 2 is 2.31 bits per heavy atom. The first-order valence-electron chi connectivity index (χ1n) is 3.86. The Bertz CT molecular complexity index is 473. The fraction of sp³-hybridized carbons (Fsp3) is 0.111. The average Bonchev–Trinajstić information content (AvgIpc) is 2.48. The topological polar surface area (TPSA) is 54.6 Å². The van der Waals surface area contributed by atoms with E-state index in [2.05, 4.69) is 4.98 Å². The molecule has 2 aromatic heterocycles. The van der Waals surface area contributed by atoms with Crippen molar-refractivity contribution in [3.63, 3.8) is 0 Å². The lowest BCUT2D eigenvalue weighted by molar-refractivity contribution is 0.0699. The van der Waals surface area contributed by atoms with Gasteiger partial charge in [0.15, 0.2) is 5.65 Å². The Hall–Kier alpha value is -1.84. The Morgan fingerprint density at radius 3 is 3.00 bits per heavy atom. The molecule has 66 valence electrons. The van der Waals surface area contributed by atoms with E-state index in [1.807, 2.05) is 13.0 Å². The molecule has 4 nitrogen and oxygen atoms in total. The monoisotopic (exact) mass is 176 g/mol. The van der Waals surface area contributed by atoms with Crippen molar-refractivity contribution < 1.29 is 9.90 Å². The number of aromatic carboxylic acids is 1. The number of hydrogen-bond donors (Lipinski definition) is 1. The Morgan fingerprint density at radius 1 is 1.54 bits per heavy atom. The van der Waals surface area contributed by atoms with E-state index < -0.39 is 5.97 Å². The first kappa shape index (κ1) is 7.79. The second-order valence-corrected chi connectivity index (χ2v) is 2.81. The summed E-state index contributed by atoms with van der Waals surface area (Å²) in [6.45, 7) is 1.90. The number of carboxylic acid groups (broad SMARTS) is 1. The fourth-order valence-corrected chi connectivity index (χ4v) is 1.30. The molecular formula is C9H8N2O2. The summed E-state index contributed by atoms with van der Waals surface area (Å²) in [6, 6.07) is 3.39. The molecule has 0 atom stereocenters. The fourth-order valence-electron chi connectivity index (χ4n) is 1.30. The molecule has 0 amide bonds. The van der Waals surface area contributed by atoms with E-state index >= 15 is 0 Å². The number of nitrogens with zero attached hydrogens (tertiary/aromatic N) is 2. The van der Waals surface area contributed by atoms with Crippen molar-refractivity contribution in [3.05, 3.63) is 35.8 Å².